The van der Waals surface area contributed by atoms with Crippen LogP contribution in [0.1, 0.15) is 36.0 Å². The van der Waals surface area contributed by atoms with E-state index in [0.717, 1.165) is 0 Å². The lowest BCUT2D eigenvalue weighted by Gasteiger charge is -2.15. The fourth-order valence-corrected chi connectivity index (χ4v) is 2.60. The second kappa shape index (κ2) is 5.48. The van der Waals surface area contributed by atoms with E-state index in [1.807, 2.05) is 0 Å². The molecule has 4 nitrogen and oxygen atoms in total. The molecule has 1 aromatic carbocycles. The van der Waals surface area contributed by atoms with Crippen LogP contribution in [0, 0.1) is 5.92 Å². The summed E-state index contributed by atoms with van der Waals surface area (Å²) >= 11 is 6.05. The van der Waals surface area contributed by atoms with Gasteiger partial charge in [0.1, 0.15) is 0 Å². The van der Waals surface area contributed by atoms with Gasteiger partial charge in [-0.2, -0.15) is 0 Å². The van der Waals surface area contributed by atoms with Gasteiger partial charge in [0.15, 0.2) is 5.75 Å². The van der Waals surface area contributed by atoms with Crippen LogP contribution in [-0.4, -0.2) is 12.5 Å². The average molecular weight is 269 g/mol. The molecule has 0 aliphatic heterocycles. The number of carbonyl (C=O) groups excluding carboxylic acids is 1. The Labute approximate surface area is 111 Å². The molecule has 1 aromatic rings. The van der Waals surface area contributed by atoms with Crippen LogP contribution in [0.25, 0.3) is 0 Å². The molecule has 0 heterocycles. The molecule has 0 aromatic heterocycles. The van der Waals surface area contributed by atoms with Gasteiger partial charge in [-0.05, 0) is 30.9 Å². The predicted octanol–water partition coefficient (Wildman–Crippen LogP) is 2.59. The van der Waals surface area contributed by atoms with Crippen molar-refractivity contribution >= 4 is 23.2 Å². The zero-order valence-corrected chi connectivity index (χ0v) is 10.9. The first-order valence-corrected chi connectivity index (χ1v) is 6.47. The average Bonchev–Trinajstić information content (AvgIpc) is 2.79. The molecule has 5 heteroatoms. The number of nitrogen functional groups attached to an aromatic ring is 1. The quantitative estimate of drug-likeness (QED) is 0.824. The predicted molar refractivity (Wildman–Crippen MR) is 71.8 cm³/mol. The zero-order valence-electron chi connectivity index (χ0n) is 10.1. The minimum atomic E-state index is -0.578. The molecule has 1 aliphatic rings. The van der Waals surface area contributed by atoms with Gasteiger partial charge < -0.3 is 16.2 Å². The van der Waals surface area contributed by atoms with Gasteiger partial charge in [0.2, 0.25) is 0 Å². The van der Waals surface area contributed by atoms with Crippen LogP contribution in [0.2, 0.25) is 5.02 Å². The molecular formula is C13H17ClN2O2. The van der Waals surface area contributed by atoms with E-state index in [1.54, 1.807) is 6.07 Å². The summed E-state index contributed by atoms with van der Waals surface area (Å²) in [5.74, 6) is 0.315. The van der Waals surface area contributed by atoms with E-state index in [1.165, 1.54) is 31.7 Å². The molecule has 0 unspecified atom stereocenters. The molecule has 1 amide bonds. The minimum absolute atomic E-state index is 0.248. The smallest absolute Gasteiger partial charge is 0.252 e. The van der Waals surface area contributed by atoms with E-state index < -0.39 is 5.91 Å². The first-order chi connectivity index (χ1) is 8.58. The molecule has 18 heavy (non-hydrogen) atoms. The van der Waals surface area contributed by atoms with E-state index in [4.69, 9.17) is 27.8 Å². The van der Waals surface area contributed by atoms with Crippen molar-refractivity contribution in [3.05, 3.63) is 22.7 Å². The summed E-state index contributed by atoms with van der Waals surface area (Å²) < 4.78 is 5.68. The van der Waals surface area contributed by atoms with Crippen molar-refractivity contribution in [2.75, 3.05) is 12.3 Å². The maximum absolute atomic E-state index is 11.4. The molecular weight excluding hydrogens is 252 g/mol. The Hall–Kier alpha value is -1.42. The van der Waals surface area contributed by atoms with Crippen LogP contribution >= 0.6 is 11.6 Å². The van der Waals surface area contributed by atoms with Gasteiger partial charge in [-0.3, -0.25) is 4.79 Å². The molecule has 2 rings (SSSR count). The summed E-state index contributed by atoms with van der Waals surface area (Å²) in [6, 6.07) is 3.07. The minimum Gasteiger partial charge on any atom is -0.491 e. The lowest BCUT2D eigenvalue weighted by Crippen LogP contribution is -2.16. The summed E-state index contributed by atoms with van der Waals surface area (Å²) in [6.45, 7) is 0.573. The number of anilines is 1. The first kappa shape index (κ1) is 13.0. The fraction of sp³-hybridized carbons (Fsp3) is 0.462. The van der Waals surface area contributed by atoms with E-state index in [9.17, 15) is 4.79 Å². The Kier molecular flexibility index (Phi) is 3.97. The molecule has 4 N–H and O–H groups in total. The van der Waals surface area contributed by atoms with Crippen LogP contribution in [0.4, 0.5) is 5.69 Å². The molecule has 1 fully saturated rings. The number of amides is 1. The number of hydrogen-bond acceptors (Lipinski definition) is 3. The van der Waals surface area contributed by atoms with E-state index in [2.05, 4.69) is 0 Å². The maximum atomic E-state index is 11.4. The van der Waals surface area contributed by atoms with Gasteiger partial charge in [-0.15, -0.1) is 0 Å². The summed E-state index contributed by atoms with van der Waals surface area (Å²) in [5.41, 5.74) is 11.6. The second-order valence-corrected chi connectivity index (χ2v) is 5.11. The number of primary amides is 1. The summed E-state index contributed by atoms with van der Waals surface area (Å²) in [7, 11) is 0. The zero-order chi connectivity index (χ0) is 13.1. The lowest BCUT2D eigenvalue weighted by molar-refractivity contribution is 0.0995. The third kappa shape index (κ3) is 2.88. The SMILES string of the molecule is NC(=O)c1cc(N)cc(Cl)c1OCC1CCCC1. The van der Waals surface area contributed by atoms with Gasteiger partial charge >= 0.3 is 0 Å². The fourth-order valence-electron chi connectivity index (χ4n) is 2.32. The number of ether oxygens (including phenoxy) is 1. The molecule has 0 saturated heterocycles. The number of rotatable bonds is 4. The highest BCUT2D eigenvalue weighted by molar-refractivity contribution is 6.33. The Balaban J connectivity index is 2.17. The van der Waals surface area contributed by atoms with Crippen LogP contribution in [0.5, 0.6) is 5.75 Å². The highest BCUT2D eigenvalue weighted by atomic mass is 35.5. The topological polar surface area (TPSA) is 78.3 Å². The third-order valence-corrected chi connectivity index (χ3v) is 3.55. The number of nitrogens with two attached hydrogens (primary N) is 2. The summed E-state index contributed by atoms with van der Waals surface area (Å²) in [4.78, 5) is 11.4. The highest BCUT2D eigenvalue weighted by Gasteiger charge is 2.19. The van der Waals surface area contributed by atoms with Crippen molar-refractivity contribution in [1.82, 2.24) is 0 Å². The van der Waals surface area contributed by atoms with Gasteiger partial charge in [-0.1, -0.05) is 24.4 Å². The van der Waals surface area contributed by atoms with Crippen molar-refractivity contribution in [3.8, 4) is 5.75 Å². The van der Waals surface area contributed by atoms with E-state index in [-0.39, 0.29) is 5.56 Å². The Morgan fingerprint density at radius 3 is 2.67 bits per heavy atom. The molecule has 0 bridgehead atoms. The number of benzene rings is 1. The Bertz CT molecular complexity index is 457. The normalized spacial score (nSPS) is 15.8. The monoisotopic (exact) mass is 268 g/mol. The molecule has 1 saturated carbocycles. The lowest BCUT2D eigenvalue weighted by atomic mass is 10.1. The van der Waals surface area contributed by atoms with Crippen molar-refractivity contribution in [2.24, 2.45) is 11.7 Å². The molecule has 1 aliphatic carbocycles. The molecule has 0 atom stereocenters. The Morgan fingerprint density at radius 2 is 2.06 bits per heavy atom. The second-order valence-electron chi connectivity index (χ2n) is 4.71. The van der Waals surface area contributed by atoms with Crippen molar-refractivity contribution < 1.29 is 9.53 Å². The van der Waals surface area contributed by atoms with Gasteiger partial charge in [0, 0.05) is 5.69 Å². The number of carbonyl (C=O) groups is 1. The number of halogens is 1. The first-order valence-electron chi connectivity index (χ1n) is 6.09. The van der Waals surface area contributed by atoms with Crippen molar-refractivity contribution in [1.29, 1.82) is 0 Å². The van der Waals surface area contributed by atoms with E-state index >= 15 is 0 Å². The molecule has 0 spiro atoms. The van der Waals surface area contributed by atoms with Gasteiger partial charge in [-0.25, -0.2) is 0 Å². The summed E-state index contributed by atoms with van der Waals surface area (Å²) in [5, 5.41) is 0.335. The van der Waals surface area contributed by atoms with Crippen LogP contribution in [0.15, 0.2) is 12.1 Å². The standard InChI is InChI=1S/C13H17ClN2O2/c14-11-6-9(15)5-10(13(16)17)12(11)18-7-8-3-1-2-4-8/h5-6,8H,1-4,7,15H2,(H2,16,17). The van der Waals surface area contributed by atoms with Crippen molar-refractivity contribution in [2.45, 2.75) is 25.7 Å². The van der Waals surface area contributed by atoms with Gasteiger partial charge in [0.05, 0.1) is 17.2 Å². The third-order valence-electron chi connectivity index (χ3n) is 3.27. The number of hydrogen-bond donors (Lipinski definition) is 2. The largest absolute Gasteiger partial charge is 0.491 e. The van der Waals surface area contributed by atoms with Gasteiger partial charge in [0.25, 0.3) is 5.91 Å². The Morgan fingerprint density at radius 1 is 1.39 bits per heavy atom. The molecule has 0 radical (unpaired) electrons. The summed E-state index contributed by atoms with van der Waals surface area (Å²) in [6.07, 6.45) is 4.81. The van der Waals surface area contributed by atoms with Crippen LogP contribution < -0.4 is 16.2 Å². The van der Waals surface area contributed by atoms with Crippen LogP contribution in [-0.2, 0) is 0 Å². The van der Waals surface area contributed by atoms with Crippen molar-refractivity contribution in [3.63, 3.8) is 0 Å². The maximum Gasteiger partial charge on any atom is 0.252 e. The highest BCUT2D eigenvalue weighted by Crippen LogP contribution is 2.33. The molecule has 98 valence electrons. The van der Waals surface area contributed by atoms with Crippen LogP contribution in [0.3, 0.4) is 0 Å². The van der Waals surface area contributed by atoms with E-state index in [0.29, 0.717) is 29.0 Å².